The number of amides is 1. The van der Waals surface area contributed by atoms with Crippen molar-refractivity contribution in [1.29, 1.82) is 0 Å². The molecule has 0 fully saturated rings. The van der Waals surface area contributed by atoms with E-state index in [0.29, 0.717) is 52.0 Å². The third-order valence-electron chi connectivity index (χ3n) is 6.36. The molecule has 7 nitrogen and oxygen atoms in total. The van der Waals surface area contributed by atoms with Crippen LogP contribution in [-0.4, -0.2) is 24.7 Å². The van der Waals surface area contributed by atoms with Crippen molar-refractivity contribution in [1.82, 2.24) is 5.32 Å². The molecule has 2 unspecified atom stereocenters. The Bertz CT molecular complexity index is 1520. The van der Waals surface area contributed by atoms with Crippen LogP contribution in [0.3, 0.4) is 0 Å². The van der Waals surface area contributed by atoms with Crippen LogP contribution in [0.25, 0.3) is 0 Å². The second-order valence-corrected chi connectivity index (χ2v) is 10.0. The number of aliphatic carboxylic acids is 1. The van der Waals surface area contributed by atoms with Crippen molar-refractivity contribution in [3.8, 4) is 23.0 Å². The number of hydrogen-bond donors (Lipinski definition) is 1. The summed E-state index contributed by atoms with van der Waals surface area (Å²) in [5, 5.41) is 15.2. The molecule has 1 amide bonds. The fourth-order valence-corrected chi connectivity index (χ4v) is 4.79. The first-order valence-electron chi connectivity index (χ1n) is 12.6. The molecular formula is C31H24Cl2NNaO6. The summed E-state index contributed by atoms with van der Waals surface area (Å²) in [4.78, 5) is 24.6. The molecule has 0 bridgehead atoms. The predicted molar refractivity (Wildman–Crippen MR) is 149 cm³/mol. The van der Waals surface area contributed by atoms with Gasteiger partial charge in [-0.15, -0.1) is 0 Å². The summed E-state index contributed by atoms with van der Waals surface area (Å²) in [6.07, 6.45) is 0.104. The van der Waals surface area contributed by atoms with E-state index in [-0.39, 0.29) is 47.1 Å². The summed E-state index contributed by atoms with van der Waals surface area (Å²) in [6, 6.07) is 26.3. The van der Waals surface area contributed by atoms with Crippen LogP contribution in [0, 0.1) is 0 Å². The van der Waals surface area contributed by atoms with E-state index in [1.807, 2.05) is 30.3 Å². The number of carboxylic acid groups (broad SMARTS) is 1. The first kappa shape index (κ1) is 30.8. The first-order valence-corrected chi connectivity index (χ1v) is 13.3. The average Bonchev–Trinajstić information content (AvgIpc) is 2.94. The van der Waals surface area contributed by atoms with Crippen molar-refractivity contribution >= 4 is 35.1 Å². The van der Waals surface area contributed by atoms with Gasteiger partial charge in [0.1, 0.15) is 23.0 Å². The van der Waals surface area contributed by atoms with Gasteiger partial charge in [0.2, 0.25) is 0 Å². The van der Waals surface area contributed by atoms with Crippen molar-refractivity contribution in [3.63, 3.8) is 0 Å². The molecule has 1 aliphatic rings. The van der Waals surface area contributed by atoms with E-state index >= 15 is 0 Å². The van der Waals surface area contributed by atoms with Crippen LogP contribution in [0.15, 0.2) is 91.0 Å². The Morgan fingerprint density at radius 2 is 1.71 bits per heavy atom. The second kappa shape index (κ2) is 14.1. The molecule has 2 atom stereocenters. The Hall–Kier alpha value is -3.20. The Morgan fingerprint density at radius 3 is 2.41 bits per heavy atom. The van der Waals surface area contributed by atoms with E-state index in [1.54, 1.807) is 54.6 Å². The molecule has 204 valence electrons. The number of benzene rings is 4. The van der Waals surface area contributed by atoms with Gasteiger partial charge in [0.25, 0.3) is 5.91 Å². The van der Waals surface area contributed by atoms with Gasteiger partial charge in [-0.05, 0) is 60.5 Å². The van der Waals surface area contributed by atoms with Crippen LogP contribution in [0.4, 0.5) is 0 Å². The van der Waals surface area contributed by atoms with Crippen molar-refractivity contribution < 1.29 is 58.5 Å². The number of hydrogen-bond acceptors (Lipinski definition) is 6. The summed E-state index contributed by atoms with van der Waals surface area (Å²) in [5.74, 6) is -0.637. The summed E-state index contributed by atoms with van der Waals surface area (Å²) in [5.41, 5.74) is 1.85. The molecule has 1 N–H and O–H groups in total. The van der Waals surface area contributed by atoms with Gasteiger partial charge in [-0.1, -0.05) is 59.6 Å². The van der Waals surface area contributed by atoms with E-state index in [2.05, 4.69) is 5.32 Å². The maximum atomic E-state index is 13.1. The van der Waals surface area contributed by atoms with Gasteiger partial charge in [0.15, 0.2) is 6.23 Å². The Balaban J connectivity index is 0.00000387. The molecule has 1 aliphatic heterocycles. The minimum Gasteiger partial charge on any atom is -0.549 e. The zero-order valence-electron chi connectivity index (χ0n) is 22.1. The standard InChI is InChI=1S/C31H25Cl2NO6.Na/c32-21-7-4-8-23(16-21)40-29(15-19-5-2-1-3-6-19)34-30(35)20-9-11-22(12-10-20)39-28-18-27-25(17-26(28)33)24(31(36)37)13-14-38-27;/h1-12,16-18,24,29H,13-15H2,(H,34,35)(H,36,37);/q;+1/p-1. The van der Waals surface area contributed by atoms with Gasteiger partial charge in [-0.2, -0.15) is 0 Å². The molecule has 0 spiro atoms. The van der Waals surface area contributed by atoms with Gasteiger partial charge in [-0.3, -0.25) is 4.79 Å². The summed E-state index contributed by atoms with van der Waals surface area (Å²) in [7, 11) is 0. The van der Waals surface area contributed by atoms with Crippen molar-refractivity contribution in [2.45, 2.75) is 25.0 Å². The van der Waals surface area contributed by atoms with Crippen LogP contribution in [0.2, 0.25) is 10.0 Å². The maximum Gasteiger partial charge on any atom is 1.00 e. The molecule has 5 rings (SSSR count). The average molecular weight is 600 g/mol. The Morgan fingerprint density at radius 1 is 0.951 bits per heavy atom. The van der Waals surface area contributed by atoms with Gasteiger partial charge < -0.3 is 29.4 Å². The number of ether oxygens (including phenoxy) is 3. The molecule has 0 aromatic heterocycles. The molecule has 10 heteroatoms. The number of carboxylic acids is 1. The molecule has 4 aromatic carbocycles. The summed E-state index contributed by atoms with van der Waals surface area (Å²) >= 11 is 12.5. The topological polar surface area (TPSA) is 96.9 Å². The largest absolute Gasteiger partial charge is 1.00 e. The molecule has 0 radical (unpaired) electrons. The quantitative estimate of drug-likeness (QED) is 0.235. The third-order valence-corrected chi connectivity index (χ3v) is 6.89. The normalized spacial score (nSPS) is 14.4. The minimum atomic E-state index is -1.17. The first-order chi connectivity index (χ1) is 19.4. The van der Waals surface area contributed by atoms with E-state index in [4.69, 9.17) is 37.4 Å². The van der Waals surface area contributed by atoms with Crippen molar-refractivity contribution in [3.05, 3.63) is 118 Å². The van der Waals surface area contributed by atoms with Gasteiger partial charge in [0.05, 0.1) is 11.6 Å². The van der Waals surface area contributed by atoms with Crippen LogP contribution in [0.1, 0.15) is 33.8 Å². The Kier molecular flexibility index (Phi) is 10.6. The molecule has 1 heterocycles. The second-order valence-electron chi connectivity index (χ2n) is 9.18. The fraction of sp³-hybridized carbons (Fsp3) is 0.161. The smallest absolute Gasteiger partial charge is 0.549 e. The molecule has 4 aromatic rings. The Labute approximate surface area is 269 Å². The van der Waals surface area contributed by atoms with Gasteiger partial charge >= 0.3 is 29.6 Å². The van der Waals surface area contributed by atoms with Gasteiger partial charge in [0, 0.05) is 40.5 Å². The molecule has 41 heavy (non-hydrogen) atoms. The number of carbonyl (C=O) groups is 2. The number of carbonyl (C=O) groups excluding carboxylic acids is 2. The SMILES string of the molecule is O=C(NC(Cc1ccccc1)Oc1cccc(Cl)c1)c1ccc(Oc2cc3c(cc2Cl)C(C(=O)[O-])CCO3)cc1.[Na+]. The minimum absolute atomic E-state index is 0. The monoisotopic (exact) mass is 599 g/mol. The van der Waals surface area contributed by atoms with Crippen molar-refractivity contribution in [2.75, 3.05) is 6.61 Å². The van der Waals surface area contributed by atoms with Crippen LogP contribution < -0.4 is 54.2 Å². The molecule has 0 aliphatic carbocycles. The number of halogens is 2. The predicted octanol–water partition coefficient (Wildman–Crippen LogP) is 2.78. The zero-order valence-corrected chi connectivity index (χ0v) is 25.7. The summed E-state index contributed by atoms with van der Waals surface area (Å²) in [6.45, 7) is 0.253. The summed E-state index contributed by atoms with van der Waals surface area (Å²) < 4.78 is 17.6. The molecular weight excluding hydrogens is 576 g/mol. The van der Waals surface area contributed by atoms with E-state index in [9.17, 15) is 14.7 Å². The fourth-order valence-electron chi connectivity index (χ4n) is 4.40. The van der Waals surface area contributed by atoms with E-state index in [1.165, 1.54) is 6.07 Å². The zero-order chi connectivity index (χ0) is 28.1. The van der Waals surface area contributed by atoms with Crippen molar-refractivity contribution in [2.24, 2.45) is 0 Å². The maximum absolute atomic E-state index is 13.1. The number of rotatable bonds is 9. The van der Waals surface area contributed by atoms with Gasteiger partial charge in [-0.25, -0.2) is 0 Å². The third kappa shape index (κ3) is 7.97. The molecule has 0 saturated heterocycles. The molecule has 0 saturated carbocycles. The van der Waals surface area contributed by atoms with E-state index in [0.717, 1.165) is 5.56 Å². The van der Waals surface area contributed by atoms with E-state index < -0.39 is 18.1 Å². The van der Waals surface area contributed by atoms with Crippen LogP contribution >= 0.6 is 23.2 Å². The van der Waals surface area contributed by atoms with Crippen LogP contribution in [0.5, 0.6) is 23.0 Å². The van der Waals surface area contributed by atoms with Crippen LogP contribution in [-0.2, 0) is 11.2 Å². The number of nitrogens with one attached hydrogen (secondary N) is 1. The number of fused-ring (bicyclic) bond motifs is 1.